The zero-order chi connectivity index (χ0) is 25.6. The van der Waals surface area contributed by atoms with Gasteiger partial charge in [0, 0.05) is 18.0 Å². The van der Waals surface area contributed by atoms with Gasteiger partial charge in [-0.3, -0.25) is 4.79 Å². The summed E-state index contributed by atoms with van der Waals surface area (Å²) in [5.41, 5.74) is 2.24. The first-order chi connectivity index (χ1) is 16.5. The van der Waals surface area contributed by atoms with Gasteiger partial charge in [0.15, 0.2) is 5.78 Å². The van der Waals surface area contributed by atoms with Gasteiger partial charge in [0.25, 0.3) is 10.0 Å². The highest BCUT2D eigenvalue weighted by molar-refractivity contribution is 7.91. The summed E-state index contributed by atoms with van der Waals surface area (Å²) in [4.78, 5) is 11.9. The summed E-state index contributed by atoms with van der Waals surface area (Å²) >= 11 is 0. The number of hydrogen-bond acceptors (Lipinski definition) is 5. The van der Waals surface area contributed by atoms with Crippen LogP contribution in [0.4, 0.5) is 0 Å². The molecule has 4 rings (SSSR count). The van der Waals surface area contributed by atoms with Crippen LogP contribution in [0.15, 0.2) is 125 Å². The first kappa shape index (κ1) is 25.9. The first-order valence-corrected chi connectivity index (χ1v) is 13.5. The van der Waals surface area contributed by atoms with Crippen molar-refractivity contribution in [2.24, 2.45) is 0 Å². The van der Waals surface area contributed by atoms with Crippen molar-refractivity contribution in [2.45, 2.75) is 28.5 Å². The van der Waals surface area contributed by atoms with Crippen molar-refractivity contribution in [3.05, 3.63) is 121 Å². The van der Waals surface area contributed by atoms with E-state index in [1.807, 2.05) is 6.92 Å². The summed E-state index contributed by atoms with van der Waals surface area (Å²) in [5.74, 6) is -0.160. The number of carbonyl (C=O) groups is 1. The molecular formula is C27H25NO5S2. The Bertz CT molecular complexity index is 1540. The zero-order valence-corrected chi connectivity index (χ0v) is 21.0. The second-order valence-corrected chi connectivity index (χ2v) is 11.5. The van der Waals surface area contributed by atoms with E-state index in [-0.39, 0.29) is 10.7 Å². The van der Waals surface area contributed by atoms with Crippen molar-refractivity contribution in [1.29, 1.82) is 0 Å². The molecule has 180 valence electrons. The zero-order valence-electron chi connectivity index (χ0n) is 19.3. The van der Waals surface area contributed by atoms with Crippen molar-refractivity contribution in [3.8, 4) is 0 Å². The van der Waals surface area contributed by atoms with E-state index < -0.39 is 19.9 Å². The Hall–Kier alpha value is -3.75. The molecule has 0 spiro atoms. The summed E-state index contributed by atoms with van der Waals surface area (Å²) < 4.78 is 49.9. The Morgan fingerprint density at radius 2 is 1.14 bits per heavy atom. The fourth-order valence-corrected chi connectivity index (χ4v) is 5.60. The number of benzene rings is 3. The molecule has 0 aliphatic carbocycles. The molecule has 0 N–H and O–H groups in total. The van der Waals surface area contributed by atoms with Crippen molar-refractivity contribution < 1.29 is 21.6 Å². The predicted molar refractivity (Wildman–Crippen MR) is 137 cm³/mol. The Kier molecular flexibility index (Phi) is 7.89. The van der Waals surface area contributed by atoms with Gasteiger partial charge in [-0.25, -0.2) is 20.8 Å². The highest BCUT2D eigenvalue weighted by Gasteiger charge is 2.17. The van der Waals surface area contributed by atoms with Crippen molar-refractivity contribution in [3.63, 3.8) is 0 Å². The van der Waals surface area contributed by atoms with E-state index in [9.17, 15) is 21.6 Å². The summed E-state index contributed by atoms with van der Waals surface area (Å²) in [6.45, 7) is 7.11. The number of hydrogen-bond donors (Lipinski definition) is 0. The molecule has 1 heterocycles. The van der Waals surface area contributed by atoms with Gasteiger partial charge in [-0.2, -0.15) is 0 Å². The molecule has 0 bridgehead atoms. The van der Waals surface area contributed by atoms with Gasteiger partial charge in [-0.15, -0.1) is 0 Å². The summed E-state index contributed by atoms with van der Waals surface area (Å²) in [7, 11) is -7.00. The minimum Gasteiger partial charge on any atom is -0.294 e. The van der Waals surface area contributed by atoms with Crippen LogP contribution in [0.5, 0.6) is 0 Å². The molecule has 1 aromatic heterocycles. The lowest BCUT2D eigenvalue weighted by atomic mass is 10.1. The number of sulfone groups is 1. The van der Waals surface area contributed by atoms with Crippen LogP contribution in [-0.2, 0) is 19.9 Å². The minimum absolute atomic E-state index is 0.160. The highest BCUT2D eigenvalue weighted by atomic mass is 32.2. The van der Waals surface area contributed by atoms with Crippen LogP contribution >= 0.6 is 0 Å². The molecule has 0 fully saturated rings. The molecule has 0 unspecified atom stereocenters. The molecule has 6 nitrogen and oxygen atoms in total. The van der Waals surface area contributed by atoms with Gasteiger partial charge in [0.2, 0.25) is 9.84 Å². The maximum absolute atomic E-state index is 12.3. The third kappa shape index (κ3) is 6.03. The van der Waals surface area contributed by atoms with E-state index in [4.69, 9.17) is 0 Å². The number of rotatable bonds is 6. The Morgan fingerprint density at radius 1 is 0.657 bits per heavy atom. The standard InChI is InChI=1S/C15H14O2S.C12H11NO3S/c1-12(2)13-8-10-15(11-9-13)18(16,17)14-6-4-3-5-7-14;1-10(14)11-7-8-13(9-11)17(15,16)12-5-3-2-4-6-12/h3-11H,1H2,2H3;2-9H,1H3. The smallest absolute Gasteiger partial charge is 0.267 e. The fourth-order valence-electron chi connectivity index (χ4n) is 3.10. The number of allylic oxidation sites excluding steroid dienone is 1. The topological polar surface area (TPSA) is 90.3 Å². The molecule has 35 heavy (non-hydrogen) atoms. The lowest BCUT2D eigenvalue weighted by Crippen LogP contribution is -2.10. The average molecular weight is 508 g/mol. The predicted octanol–water partition coefficient (Wildman–Crippen LogP) is 5.48. The second kappa shape index (κ2) is 10.7. The third-order valence-electron chi connectivity index (χ3n) is 5.10. The van der Waals surface area contributed by atoms with Crippen LogP contribution < -0.4 is 0 Å². The Balaban J connectivity index is 0.000000196. The molecule has 0 atom stereocenters. The van der Waals surface area contributed by atoms with Crippen LogP contribution in [0.25, 0.3) is 5.57 Å². The van der Waals surface area contributed by atoms with Crippen LogP contribution in [0, 0.1) is 0 Å². The number of Topliss-reactive ketones (excluding diaryl/α,β-unsaturated/α-hetero) is 1. The maximum atomic E-state index is 12.3. The lowest BCUT2D eigenvalue weighted by Gasteiger charge is -2.05. The monoisotopic (exact) mass is 507 g/mol. The molecule has 4 aromatic rings. The van der Waals surface area contributed by atoms with E-state index in [0.717, 1.165) is 15.1 Å². The van der Waals surface area contributed by atoms with E-state index in [1.165, 1.54) is 37.5 Å². The van der Waals surface area contributed by atoms with Crippen LogP contribution in [0.1, 0.15) is 29.8 Å². The van der Waals surface area contributed by atoms with Crippen molar-refractivity contribution in [1.82, 2.24) is 3.97 Å². The molecule has 0 radical (unpaired) electrons. The molecule has 0 saturated heterocycles. The van der Waals surface area contributed by atoms with Crippen molar-refractivity contribution >= 4 is 31.2 Å². The Labute approximate surface area is 206 Å². The number of nitrogens with zero attached hydrogens (tertiary/aromatic N) is 1. The Morgan fingerprint density at radius 3 is 1.60 bits per heavy atom. The van der Waals surface area contributed by atoms with E-state index >= 15 is 0 Å². The quantitative estimate of drug-likeness (QED) is 0.322. The van der Waals surface area contributed by atoms with Gasteiger partial charge in [-0.1, -0.05) is 60.7 Å². The molecule has 0 amide bonds. The van der Waals surface area contributed by atoms with E-state index in [2.05, 4.69) is 6.58 Å². The normalized spacial score (nSPS) is 11.3. The molecule has 8 heteroatoms. The van der Waals surface area contributed by atoms with Gasteiger partial charge >= 0.3 is 0 Å². The second-order valence-electron chi connectivity index (χ2n) is 7.73. The summed E-state index contributed by atoms with van der Waals surface area (Å²) in [5, 5.41) is 0. The lowest BCUT2D eigenvalue weighted by molar-refractivity contribution is 0.101. The molecule has 0 saturated carbocycles. The van der Waals surface area contributed by atoms with Gasteiger partial charge in [-0.05, 0) is 61.9 Å². The number of carbonyl (C=O) groups excluding carboxylic acids is 1. The maximum Gasteiger partial charge on any atom is 0.267 e. The van der Waals surface area contributed by atoms with Crippen molar-refractivity contribution in [2.75, 3.05) is 0 Å². The van der Waals surface area contributed by atoms with E-state index in [0.29, 0.717) is 15.4 Å². The SMILES string of the molecule is C=C(C)c1ccc(S(=O)(=O)c2ccccc2)cc1.CC(=O)c1ccn(S(=O)(=O)c2ccccc2)c1. The average Bonchev–Trinajstić information content (AvgIpc) is 3.37. The van der Waals surface area contributed by atoms with Crippen LogP contribution in [-0.4, -0.2) is 26.6 Å². The van der Waals surface area contributed by atoms with Gasteiger partial charge < -0.3 is 0 Å². The summed E-state index contributed by atoms with van der Waals surface area (Å²) in [6.07, 6.45) is 2.70. The number of aromatic nitrogens is 1. The first-order valence-electron chi connectivity index (χ1n) is 10.6. The fraction of sp³-hybridized carbons (Fsp3) is 0.0741. The summed E-state index contributed by atoms with van der Waals surface area (Å²) in [6, 6.07) is 24.8. The highest BCUT2D eigenvalue weighted by Crippen LogP contribution is 2.22. The van der Waals surface area contributed by atoms with Gasteiger partial charge in [0.05, 0.1) is 14.7 Å². The largest absolute Gasteiger partial charge is 0.294 e. The molecule has 0 aliphatic rings. The van der Waals surface area contributed by atoms with Gasteiger partial charge in [0.1, 0.15) is 0 Å². The van der Waals surface area contributed by atoms with E-state index in [1.54, 1.807) is 72.8 Å². The molecule has 3 aromatic carbocycles. The minimum atomic E-state index is -3.59. The molecule has 0 aliphatic heterocycles. The van der Waals surface area contributed by atoms with Crippen LogP contribution in [0.2, 0.25) is 0 Å². The number of ketones is 1. The molecular weight excluding hydrogens is 482 g/mol. The third-order valence-corrected chi connectivity index (χ3v) is 8.54. The van der Waals surface area contributed by atoms with Crippen LogP contribution in [0.3, 0.4) is 0 Å².